The molecule has 6 N–H and O–H groups in total. The molecule has 10 heteroatoms. The Kier molecular flexibility index (Phi) is 7.05. The second-order valence-corrected chi connectivity index (χ2v) is 7.62. The number of carbonyl (C=O) groups is 4. The Morgan fingerprint density at radius 1 is 0.543 bits per heavy atom. The molecule has 0 unspecified atom stereocenters. The van der Waals surface area contributed by atoms with Crippen molar-refractivity contribution in [3.63, 3.8) is 0 Å². The number of phenolic OH excluding ortho intramolecular Hbond substituents is 6. The Morgan fingerprint density at radius 3 is 1.20 bits per heavy atom. The molecule has 0 aliphatic carbocycles. The zero-order chi connectivity index (χ0) is 25.9. The van der Waals surface area contributed by atoms with Crippen molar-refractivity contribution < 1.29 is 49.8 Å². The van der Waals surface area contributed by atoms with E-state index in [9.17, 15) is 49.8 Å². The summed E-state index contributed by atoms with van der Waals surface area (Å²) in [7, 11) is 0. The maximum Gasteiger partial charge on any atom is 0.157 e. The number of aryl methyl sites for hydroxylation is 1. The molecule has 0 aliphatic heterocycles. The fourth-order valence-corrected chi connectivity index (χ4v) is 4.04. The number of carbonyl (C=O) groups excluding carboxylic acids is 4. The molecule has 0 saturated carbocycles. The van der Waals surface area contributed by atoms with E-state index in [1.165, 1.54) is 0 Å². The number of rotatable bonds is 9. The van der Waals surface area contributed by atoms with Gasteiger partial charge in [0, 0.05) is 17.0 Å². The minimum absolute atomic E-state index is 0.0408. The molecule has 0 bridgehead atoms. The van der Waals surface area contributed by atoms with Gasteiger partial charge in [-0.2, -0.15) is 0 Å². The minimum atomic E-state index is -1.44. The van der Waals surface area contributed by atoms with Crippen LogP contribution < -0.4 is 0 Å². The summed E-state index contributed by atoms with van der Waals surface area (Å²) in [5.41, 5.74) is -3.30. The summed E-state index contributed by atoms with van der Waals surface area (Å²) in [6.45, 7) is 0. The number of phenols is 6. The average molecular weight is 480 g/mol. The largest absolute Gasteiger partial charge is 0.507 e. The van der Waals surface area contributed by atoms with Crippen LogP contribution in [0.4, 0.5) is 0 Å². The standard InChI is InChI=1S/C25H20O10/c26-8-14-20(30)15(9-27)23(33)18(22(14)32)13(7-6-12-4-2-1-3-5-12)19-24(34)16(10-28)21(31)17(11-29)25(19)35/h1-5,8-11,13,30-35H,6-7H2. The van der Waals surface area contributed by atoms with Gasteiger partial charge in [0.15, 0.2) is 25.1 Å². The quantitative estimate of drug-likeness (QED) is 0.248. The van der Waals surface area contributed by atoms with Gasteiger partial charge < -0.3 is 30.6 Å². The fraction of sp³-hybridized carbons (Fsp3) is 0.120. The smallest absolute Gasteiger partial charge is 0.157 e. The first-order valence-corrected chi connectivity index (χ1v) is 10.2. The van der Waals surface area contributed by atoms with Crippen molar-refractivity contribution in [2.24, 2.45) is 0 Å². The molecule has 3 aromatic rings. The van der Waals surface area contributed by atoms with Crippen LogP contribution in [0.15, 0.2) is 30.3 Å². The van der Waals surface area contributed by atoms with Crippen molar-refractivity contribution in [1.82, 2.24) is 0 Å². The third-order valence-electron chi connectivity index (χ3n) is 5.79. The van der Waals surface area contributed by atoms with Gasteiger partial charge in [-0.25, -0.2) is 0 Å². The van der Waals surface area contributed by atoms with Gasteiger partial charge in [-0.05, 0) is 18.4 Å². The lowest BCUT2D eigenvalue weighted by Crippen LogP contribution is -2.10. The first-order chi connectivity index (χ1) is 16.7. The van der Waals surface area contributed by atoms with E-state index in [0.717, 1.165) is 5.56 Å². The molecule has 0 aromatic heterocycles. The monoisotopic (exact) mass is 480 g/mol. The highest BCUT2D eigenvalue weighted by atomic mass is 16.3. The van der Waals surface area contributed by atoms with E-state index >= 15 is 0 Å². The average Bonchev–Trinajstić information content (AvgIpc) is 2.84. The second-order valence-electron chi connectivity index (χ2n) is 7.62. The Labute approximate surface area is 198 Å². The van der Waals surface area contributed by atoms with E-state index in [4.69, 9.17) is 0 Å². The Bertz CT molecular complexity index is 1180. The molecule has 10 nitrogen and oxygen atoms in total. The Balaban J connectivity index is 2.42. The van der Waals surface area contributed by atoms with Crippen molar-refractivity contribution in [2.45, 2.75) is 18.8 Å². The minimum Gasteiger partial charge on any atom is -0.507 e. The maximum absolute atomic E-state index is 11.6. The van der Waals surface area contributed by atoms with Crippen LogP contribution in [-0.2, 0) is 6.42 Å². The lowest BCUT2D eigenvalue weighted by molar-refractivity contribution is 0.110. The molecule has 0 heterocycles. The number of hydrogen-bond donors (Lipinski definition) is 6. The van der Waals surface area contributed by atoms with Gasteiger partial charge in [0.1, 0.15) is 34.5 Å². The van der Waals surface area contributed by atoms with Crippen LogP contribution in [0.2, 0.25) is 0 Å². The third kappa shape index (κ3) is 4.12. The zero-order valence-electron chi connectivity index (χ0n) is 18.0. The number of benzene rings is 3. The molecule has 3 rings (SSSR count). The van der Waals surface area contributed by atoms with Crippen LogP contribution in [0.5, 0.6) is 34.5 Å². The summed E-state index contributed by atoms with van der Waals surface area (Å²) in [5, 5.41) is 63.4. The van der Waals surface area contributed by atoms with Crippen LogP contribution in [0, 0.1) is 0 Å². The fourth-order valence-electron chi connectivity index (χ4n) is 4.04. The molecule has 35 heavy (non-hydrogen) atoms. The summed E-state index contributed by atoms with van der Waals surface area (Å²) < 4.78 is 0. The molecule has 0 radical (unpaired) electrons. The first kappa shape index (κ1) is 24.8. The van der Waals surface area contributed by atoms with Crippen LogP contribution in [0.3, 0.4) is 0 Å². The van der Waals surface area contributed by atoms with Crippen molar-refractivity contribution in [3.8, 4) is 34.5 Å². The van der Waals surface area contributed by atoms with E-state index < -0.39 is 73.8 Å². The van der Waals surface area contributed by atoms with Crippen LogP contribution in [-0.4, -0.2) is 55.8 Å². The molecule has 0 spiro atoms. The predicted octanol–water partition coefficient (Wildman–Crippen LogP) is 2.93. The van der Waals surface area contributed by atoms with Gasteiger partial charge in [-0.3, -0.25) is 19.2 Å². The molecule has 180 valence electrons. The molecule has 0 aliphatic rings. The molecule has 0 amide bonds. The highest BCUT2D eigenvalue weighted by Gasteiger charge is 2.35. The molecular formula is C25H20O10. The highest BCUT2D eigenvalue weighted by Crippen LogP contribution is 2.53. The van der Waals surface area contributed by atoms with E-state index in [0.29, 0.717) is 0 Å². The SMILES string of the molecule is O=Cc1c(O)c(C=O)c(O)c(C(CCc2ccccc2)c2c(O)c(C=O)c(O)c(C=O)c2O)c1O. The zero-order valence-corrected chi connectivity index (χ0v) is 18.0. The predicted molar refractivity (Wildman–Crippen MR) is 121 cm³/mol. The van der Waals surface area contributed by atoms with Crippen molar-refractivity contribution in [1.29, 1.82) is 0 Å². The summed E-state index contributed by atoms with van der Waals surface area (Å²) in [4.78, 5) is 46.2. The van der Waals surface area contributed by atoms with Crippen molar-refractivity contribution in [3.05, 3.63) is 69.3 Å². The second kappa shape index (κ2) is 9.96. The maximum atomic E-state index is 11.6. The number of aromatic hydroxyl groups is 6. The van der Waals surface area contributed by atoms with E-state index in [1.54, 1.807) is 30.3 Å². The van der Waals surface area contributed by atoms with Gasteiger partial charge in [-0.1, -0.05) is 30.3 Å². The molecule has 3 aromatic carbocycles. The van der Waals surface area contributed by atoms with Gasteiger partial charge in [0.25, 0.3) is 0 Å². The lowest BCUT2D eigenvalue weighted by atomic mass is 9.80. The van der Waals surface area contributed by atoms with Gasteiger partial charge in [0.05, 0.1) is 22.3 Å². The number of aldehydes is 4. The highest BCUT2D eigenvalue weighted by molar-refractivity contribution is 5.97. The van der Waals surface area contributed by atoms with Gasteiger partial charge in [0.2, 0.25) is 0 Å². The van der Waals surface area contributed by atoms with Crippen LogP contribution >= 0.6 is 0 Å². The molecule has 0 saturated heterocycles. The summed E-state index contributed by atoms with van der Waals surface area (Å²) >= 11 is 0. The summed E-state index contributed by atoms with van der Waals surface area (Å²) in [6, 6.07) is 8.71. The number of hydrogen-bond acceptors (Lipinski definition) is 10. The first-order valence-electron chi connectivity index (χ1n) is 10.2. The molecular weight excluding hydrogens is 460 g/mol. The summed E-state index contributed by atoms with van der Waals surface area (Å²) in [6.07, 6.45) is 0.232. The topological polar surface area (TPSA) is 190 Å². The lowest BCUT2D eigenvalue weighted by Gasteiger charge is -2.25. The van der Waals surface area contributed by atoms with Crippen molar-refractivity contribution in [2.75, 3.05) is 0 Å². The van der Waals surface area contributed by atoms with E-state index in [2.05, 4.69) is 0 Å². The van der Waals surface area contributed by atoms with Crippen LogP contribution in [0.25, 0.3) is 0 Å². The third-order valence-corrected chi connectivity index (χ3v) is 5.79. The normalized spacial score (nSPS) is 10.8. The Morgan fingerprint density at radius 2 is 0.886 bits per heavy atom. The summed E-state index contributed by atoms with van der Waals surface area (Å²) in [5.74, 6) is -7.23. The van der Waals surface area contributed by atoms with Crippen molar-refractivity contribution >= 4 is 25.1 Å². The van der Waals surface area contributed by atoms with Gasteiger partial charge >= 0.3 is 0 Å². The molecule has 0 atom stereocenters. The van der Waals surface area contributed by atoms with E-state index in [1.807, 2.05) is 0 Å². The van der Waals surface area contributed by atoms with Gasteiger partial charge in [-0.15, -0.1) is 0 Å². The van der Waals surface area contributed by atoms with Crippen LogP contribution in [0.1, 0.15) is 70.5 Å². The Hall–Kier alpha value is -4.86. The van der Waals surface area contributed by atoms with E-state index in [-0.39, 0.29) is 38.0 Å². The molecule has 0 fully saturated rings.